The Morgan fingerprint density at radius 3 is 2.83 bits per heavy atom. The zero-order valence-electron chi connectivity index (χ0n) is 7.03. The number of carbonyl (C=O) groups excluding carboxylic acids is 1. The lowest BCUT2D eigenvalue weighted by molar-refractivity contribution is -0.160. The summed E-state index contributed by atoms with van der Waals surface area (Å²) < 4.78 is 5.11. The van der Waals surface area contributed by atoms with E-state index in [-0.39, 0.29) is 18.5 Å². The van der Waals surface area contributed by atoms with E-state index in [0.29, 0.717) is 6.42 Å². The summed E-state index contributed by atoms with van der Waals surface area (Å²) in [6.45, 7) is 0. The van der Waals surface area contributed by atoms with Crippen LogP contribution in [0.25, 0.3) is 0 Å². The molecule has 3 nitrogen and oxygen atoms in total. The molecule has 12 heavy (non-hydrogen) atoms. The Labute approximate surface area is 71.7 Å². The van der Waals surface area contributed by atoms with Crippen molar-refractivity contribution in [1.29, 1.82) is 0 Å². The molecule has 0 bridgehead atoms. The van der Waals surface area contributed by atoms with E-state index in [4.69, 9.17) is 4.74 Å². The van der Waals surface area contributed by atoms with Crippen LogP contribution >= 0.6 is 0 Å². The van der Waals surface area contributed by atoms with Gasteiger partial charge in [0.15, 0.2) is 0 Å². The van der Waals surface area contributed by atoms with Crippen LogP contribution in [0.15, 0.2) is 0 Å². The zero-order chi connectivity index (χ0) is 8.55. The molecule has 1 heterocycles. The predicted molar refractivity (Wildman–Crippen MR) is 42.5 cm³/mol. The Morgan fingerprint density at radius 1 is 1.50 bits per heavy atom. The topological polar surface area (TPSA) is 46.5 Å². The first kappa shape index (κ1) is 8.05. The van der Waals surface area contributed by atoms with Crippen LogP contribution in [0.2, 0.25) is 0 Å². The monoisotopic (exact) mass is 170 g/mol. The molecule has 2 atom stereocenters. The highest BCUT2D eigenvalue weighted by molar-refractivity contribution is 5.70. The number of carbonyl (C=O) groups is 1. The third-order valence-electron chi connectivity index (χ3n) is 2.53. The highest BCUT2D eigenvalue weighted by Gasteiger charge is 2.32. The molecule has 1 saturated heterocycles. The lowest BCUT2D eigenvalue weighted by atomic mass is 10.0. The Hall–Kier alpha value is -0.570. The second kappa shape index (κ2) is 3.05. The predicted octanol–water partition coefficient (Wildman–Crippen LogP) is 0.853. The first-order valence-corrected chi connectivity index (χ1v) is 4.61. The number of aliphatic hydroxyl groups excluding tert-OH is 1. The zero-order valence-corrected chi connectivity index (χ0v) is 7.03. The van der Waals surface area contributed by atoms with Gasteiger partial charge in [0.1, 0.15) is 6.10 Å². The van der Waals surface area contributed by atoms with Crippen molar-refractivity contribution in [3.8, 4) is 0 Å². The highest BCUT2D eigenvalue weighted by Crippen LogP contribution is 2.36. The van der Waals surface area contributed by atoms with Gasteiger partial charge in [-0.05, 0) is 12.3 Å². The van der Waals surface area contributed by atoms with Gasteiger partial charge < -0.3 is 9.84 Å². The fourth-order valence-electron chi connectivity index (χ4n) is 1.73. The van der Waals surface area contributed by atoms with Crippen LogP contribution in [0.1, 0.15) is 32.1 Å². The third-order valence-corrected chi connectivity index (χ3v) is 2.53. The summed E-state index contributed by atoms with van der Waals surface area (Å²) in [5.74, 6) is 0.521. The van der Waals surface area contributed by atoms with Gasteiger partial charge in [-0.25, -0.2) is 0 Å². The Morgan fingerprint density at radius 2 is 2.25 bits per heavy atom. The number of hydrogen-bond donors (Lipinski definition) is 1. The van der Waals surface area contributed by atoms with Crippen molar-refractivity contribution < 1.29 is 14.6 Å². The average molecular weight is 170 g/mol. The molecule has 68 valence electrons. The smallest absolute Gasteiger partial charge is 0.308 e. The molecule has 2 aliphatic rings. The molecule has 1 aliphatic carbocycles. The van der Waals surface area contributed by atoms with Gasteiger partial charge in [0.25, 0.3) is 0 Å². The van der Waals surface area contributed by atoms with Gasteiger partial charge in [0.2, 0.25) is 0 Å². The van der Waals surface area contributed by atoms with Crippen molar-refractivity contribution in [1.82, 2.24) is 0 Å². The largest absolute Gasteiger partial charge is 0.462 e. The van der Waals surface area contributed by atoms with Crippen LogP contribution in [0.4, 0.5) is 0 Å². The first-order valence-electron chi connectivity index (χ1n) is 4.61. The van der Waals surface area contributed by atoms with E-state index in [1.54, 1.807) is 0 Å². The molecule has 2 unspecified atom stereocenters. The quantitative estimate of drug-likeness (QED) is 0.625. The number of aliphatic hydroxyl groups is 1. The van der Waals surface area contributed by atoms with Crippen molar-refractivity contribution in [2.45, 2.75) is 44.3 Å². The molecule has 0 radical (unpaired) electrons. The van der Waals surface area contributed by atoms with Gasteiger partial charge in [-0.1, -0.05) is 12.8 Å². The molecule has 2 rings (SSSR count). The lowest BCUT2D eigenvalue weighted by Gasteiger charge is -2.25. The Kier molecular flexibility index (Phi) is 2.05. The van der Waals surface area contributed by atoms with Gasteiger partial charge >= 0.3 is 5.97 Å². The van der Waals surface area contributed by atoms with Crippen LogP contribution in [-0.4, -0.2) is 23.3 Å². The fraction of sp³-hybridized carbons (Fsp3) is 0.889. The molecule has 0 spiro atoms. The minimum Gasteiger partial charge on any atom is -0.462 e. The Balaban J connectivity index is 1.83. The number of esters is 1. The first-order chi connectivity index (χ1) is 5.74. The standard InChI is InChI=1S/C9H14O3/c10-7-4-8(3-6-1-2-6)12-9(11)5-7/h6-8,10H,1-5H2. The summed E-state index contributed by atoms with van der Waals surface area (Å²) in [4.78, 5) is 10.9. The van der Waals surface area contributed by atoms with Gasteiger partial charge in [-0.15, -0.1) is 0 Å². The summed E-state index contributed by atoms with van der Waals surface area (Å²) in [6.07, 6.45) is 3.85. The van der Waals surface area contributed by atoms with Crippen molar-refractivity contribution in [2.75, 3.05) is 0 Å². The maximum Gasteiger partial charge on any atom is 0.308 e. The van der Waals surface area contributed by atoms with E-state index >= 15 is 0 Å². The summed E-state index contributed by atoms with van der Waals surface area (Å²) >= 11 is 0. The van der Waals surface area contributed by atoms with Crippen molar-refractivity contribution in [3.63, 3.8) is 0 Å². The number of ether oxygens (including phenoxy) is 1. The number of cyclic esters (lactones) is 1. The van der Waals surface area contributed by atoms with Crippen LogP contribution in [0, 0.1) is 5.92 Å². The Bertz CT molecular complexity index is 184. The molecule has 1 saturated carbocycles. The van der Waals surface area contributed by atoms with Crippen LogP contribution in [-0.2, 0) is 9.53 Å². The molecule has 1 N–H and O–H groups in total. The second-order valence-electron chi connectivity index (χ2n) is 3.88. The van der Waals surface area contributed by atoms with E-state index in [9.17, 15) is 9.90 Å². The summed E-state index contributed by atoms with van der Waals surface area (Å²) in [5.41, 5.74) is 0. The maximum absolute atomic E-state index is 10.9. The molecule has 0 aromatic rings. The lowest BCUT2D eigenvalue weighted by Crippen LogP contribution is -2.32. The van der Waals surface area contributed by atoms with Gasteiger partial charge in [0, 0.05) is 6.42 Å². The van der Waals surface area contributed by atoms with Crippen molar-refractivity contribution in [3.05, 3.63) is 0 Å². The van der Waals surface area contributed by atoms with E-state index in [1.165, 1.54) is 12.8 Å². The van der Waals surface area contributed by atoms with E-state index in [2.05, 4.69) is 0 Å². The normalized spacial score (nSPS) is 36.2. The van der Waals surface area contributed by atoms with E-state index < -0.39 is 6.10 Å². The molecule has 2 fully saturated rings. The van der Waals surface area contributed by atoms with E-state index in [1.807, 2.05) is 0 Å². The molecule has 0 aromatic heterocycles. The molecular weight excluding hydrogens is 156 g/mol. The highest BCUT2D eigenvalue weighted by atomic mass is 16.5. The molecule has 0 amide bonds. The average Bonchev–Trinajstić information content (AvgIpc) is 2.68. The fourth-order valence-corrected chi connectivity index (χ4v) is 1.73. The summed E-state index contributed by atoms with van der Waals surface area (Å²) in [6, 6.07) is 0. The van der Waals surface area contributed by atoms with Gasteiger partial charge in [-0.2, -0.15) is 0 Å². The third kappa shape index (κ3) is 1.97. The van der Waals surface area contributed by atoms with Crippen molar-refractivity contribution >= 4 is 5.97 Å². The maximum atomic E-state index is 10.9. The number of rotatable bonds is 2. The van der Waals surface area contributed by atoms with Gasteiger partial charge in [-0.3, -0.25) is 4.79 Å². The minimum atomic E-state index is -0.463. The molecule has 1 aliphatic heterocycles. The SMILES string of the molecule is O=C1CC(O)CC(CC2CC2)O1. The van der Waals surface area contributed by atoms with Gasteiger partial charge in [0.05, 0.1) is 12.5 Å². The second-order valence-corrected chi connectivity index (χ2v) is 3.88. The molecule has 3 heteroatoms. The number of hydrogen-bond acceptors (Lipinski definition) is 3. The van der Waals surface area contributed by atoms with Crippen LogP contribution in [0.5, 0.6) is 0 Å². The molecular formula is C9H14O3. The summed E-state index contributed by atoms with van der Waals surface area (Å²) in [5, 5.41) is 9.28. The van der Waals surface area contributed by atoms with Crippen LogP contribution < -0.4 is 0 Å². The van der Waals surface area contributed by atoms with Crippen LogP contribution in [0.3, 0.4) is 0 Å². The summed E-state index contributed by atoms with van der Waals surface area (Å²) in [7, 11) is 0. The van der Waals surface area contributed by atoms with Crippen molar-refractivity contribution in [2.24, 2.45) is 5.92 Å². The minimum absolute atomic E-state index is 0.00579. The molecule has 0 aromatic carbocycles. The van der Waals surface area contributed by atoms with E-state index in [0.717, 1.165) is 12.3 Å².